The minimum absolute atomic E-state index is 0.441. The van der Waals surface area contributed by atoms with Crippen molar-refractivity contribution in [3.8, 4) is 0 Å². The summed E-state index contributed by atoms with van der Waals surface area (Å²) in [4.78, 5) is 0. The van der Waals surface area contributed by atoms with Crippen LogP contribution in [0.4, 0.5) is 22.0 Å². The summed E-state index contributed by atoms with van der Waals surface area (Å²) in [6.07, 6.45) is -8.77. The summed E-state index contributed by atoms with van der Waals surface area (Å²) in [5.41, 5.74) is -2.34. The van der Waals surface area contributed by atoms with E-state index in [1.807, 2.05) is 0 Å². The summed E-state index contributed by atoms with van der Waals surface area (Å²) in [7, 11) is 0. The van der Waals surface area contributed by atoms with Crippen molar-refractivity contribution in [3.05, 3.63) is 35.4 Å². The van der Waals surface area contributed by atoms with Crippen LogP contribution in [-0.2, 0) is 16.9 Å². The van der Waals surface area contributed by atoms with Crippen molar-refractivity contribution in [1.82, 2.24) is 4.72 Å². The molecule has 0 fully saturated rings. The molecule has 9 heteroatoms. The van der Waals surface area contributed by atoms with E-state index >= 15 is 0 Å². The SMILES string of the molecule is CC(C[C@@H](O)C(F)(F)F)(N[S+]([O-])C(C)(C)C)c1cccc(F)c1F. The molecule has 1 aromatic carbocycles. The van der Waals surface area contributed by atoms with E-state index in [1.54, 1.807) is 20.8 Å². The van der Waals surface area contributed by atoms with E-state index in [4.69, 9.17) is 0 Å². The minimum Gasteiger partial charge on any atom is -0.598 e. The van der Waals surface area contributed by atoms with Gasteiger partial charge in [0.2, 0.25) is 0 Å². The summed E-state index contributed by atoms with van der Waals surface area (Å²) in [5.74, 6) is -2.60. The van der Waals surface area contributed by atoms with Gasteiger partial charge in [-0.15, -0.1) is 4.72 Å². The molecule has 0 aliphatic carbocycles. The zero-order chi connectivity index (χ0) is 18.9. The zero-order valence-corrected chi connectivity index (χ0v) is 14.5. The van der Waals surface area contributed by atoms with Gasteiger partial charge in [-0.05, 0) is 33.8 Å². The fraction of sp³-hybridized carbons (Fsp3) is 0.600. The Labute approximate surface area is 140 Å². The molecule has 0 saturated carbocycles. The van der Waals surface area contributed by atoms with Crippen LogP contribution in [-0.4, -0.2) is 26.7 Å². The van der Waals surface area contributed by atoms with Crippen LogP contribution in [0.25, 0.3) is 0 Å². The van der Waals surface area contributed by atoms with Gasteiger partial charge in [-0.3, -0.25) is 0 Å². The number of rotatable bonds is 5. The van der Waals surface area contributed by atoms with Crippen molar-refractivity contribution in [1.29, 1.82) is 0 Å². The first kappa shape index (κ1) is 21.1. The number of alkyl halides is 3. The molecule has 0 radical (unpaired) electrons. The maximum Gasteiger partial charge on any atom is 0.414 e. The van der Waals surface area contributed by atoms with Crippen molar-refractivity contribution in [3.63, 3.8) is 0 Å². The van der Waals surface area contributed by atoms with Gasteiger partial charge in [0.1, 0.15) is 4.75 Å². The summed E-state index contributed by atoms with van der Waals surface area (Å²) in [6.45, 7) is 5.85. The van der Waals surface area contributed by atoms with Gasteiger partial charge in [0.15, 0.2) is 17.7 Å². The Hall–Kier alpha value is -0.900. The third kappa shape index (κ3) is 5.05. The van der Waals surface area contributed by atoms with E-state index < -0.39 is 57.5 Å². The summed E-state index contributed by atoms with van der Waals surface area (Å²) < 4.78 is 79.6. The predicted molar refractivity (Wildman–Crippen MR) is 81.4 cm³/mol. The molecule has 2 N–H and O–H groups in total. The standard InChI is InChI=1S/C15H20F5NO2S/c1-13(2,3)24(23)21-14(4,8-11(22)15(18,19)20)9-6-5-7-10(16)12(9)17/h5-7,11,21-22H,8H2,1-4H3/t11-,14?,24?/m1/s1. The number of aliphatic hydroxyl groups excluding tert-OH is 1. The first-order valence-corrected chi connectivity index (χ1v) is 8.22. The molecule has 24 heavy (non-hydrogen) atoms. The molecule has 0 heterocycles. The molecule has 0 spiro atoms. The molecule has 0 amide bonds. The number of nitrogens with one attached hydrogen (secondary N) is 1. The highest BCUT2D eigenvalue weighted by Gasteiger charge is 2.47. The lowest BCUT2D eigenvalue weighted by Gasteiger charge is -2.36. The Kier molecular flexibility index (Phi) is 6.30. The highest BCUT2D eigenvalue weighted by molar-refractivity contribution is 7.90. The first-order valence-electron chi connectivity index (χ1n) is 7.07. The Morgan fingerprint density at radius 2 is 1.71 bits per heavy atom. The molecule has 3 nitrogen and oxygen atoms in total. The topological polar surface area (TPSA) is 55.3 Å². The lowest BCUT2D eigenvalue weighted by Crippen LogP contribution is -2.53. The highest BCUT2D eigenvalue weighted by Crippen LogP contribution is 2.36. The number of hydrogen-bond acceptors (Lipinski definition) is 3. The molecule has 1 rings (SSSR count). The number of aliphatic hydroxyl groups is 1. The molecule has 0 bridgehead atoms. The van der Waals surface area contributed by atoms with E-state index in [0.29, 0.717) is 0 Å². The lowest BCUT2D eigenvalue weighted by molar-refractivity contribution is -0.209. The third-order valence-electron chi connectivity index (χ3n) is 3.40. The third-order valence-corrected chi connectivity index (χ3v) is 5.15. The van der Waals surface area contributed by atoms with Crippen LogP contribution in [0.3, 0.4) is 0 Å². The summed E-state index contributed by atoms with van der Waals surface area (Å²) in [6, 6.07) is 3.04. The summed E-state index contributed by atoms with van der Waals surface area (Å²) in [5, 5.41) is 9.38. The van der Waals surface area contributed by atoms with Crippen molar-refractivity contribution in [2.75, 3.05) is 0 Å². The van der Waals surface area contributed by atoms with Crippen LogP contribution in [0.2, 0.25) is 0 Å². The van der Waals surface area contributed by atoms with E-state index in [9.17, 15) is 31.6 Å². The summed E-state index contributed by atoms with van der Waals surface area (Å²) >= 11 is -1.88. The molecule has 2 unspecified atom stereocenters. The maximum atomic E-state index is 14.1. The van der Waals surface area contributed by atoms with Crippen LogP contribution >= 0.6 is 0 Å². The molecule has 1 aromatic rings. The average Bonchev–Trinajstić information content (AvgIpc) is 2.39. The minimum atomic E-state index is -4.95. The molecule has 0 saturated heterocycles. The molecule has 0 aliphatic heterocycles. The second kappa shape index (κ2) is 7.15. The van der Waals surface area contributed by atoms with Gasteiger partial charge in [0.05, 0.1) is 5.54 Å². The zero-order valence-electron chi connectivity index (χ0n) is 13.7. The van der Waals surface area contributed by atoms with Gasteiger partial charge in [-0.2, -0.15) is 13.2 Å². The molecular formula is C15H20F5NO2S. The Bertz CT molecular complexity index is 552. The molecular weight excluding hydrogens is 353 g/mol. The lowest BCUT2D eigenvalue weighted by atomic mass is 9.86. The fourth-order valence-electron chi connectivity index (χ4n) is 2.00. The Balaban J connectivity index is 3.32. The van der Waals surface area contributed by atoms with Crippen molar-refractivity contribution in [2.24, 2.45) is 0 Å². The van der Waals surface area contributed by atoms with E-state index in [-0.39, 0.29) is 0 Å². The molecule has 3 atom stereocenters. The second-order valence-electron chi connectivity index (χ2n) is 6.68. The van der Waals surface area contributed by atoms with Crippen LogP contribution in [0.15, 0.2) is 18.2 Å². The van der Waals surface area contributed by atoms with Gasteiger partial charge in [-0.25, -0.2) is 8.78 Å². The van der Waals surface area contributed by atoms with E-state index in [0.717, 1.165) is 25.1 Å². The van der Waals surface area contributed by atoms with Crippen molar-refractivity contribution >= 4 is 11.4 Å². The predicted octanol–water partition coefficient (Wildman–Crippen LogP) is 3.55. The normalized spacial score (nSPS) is 18.1. The smallest absolute Gasteiger partial charge is 0.414 e. The number of halogens is 5. The van der Waals surface area contributed by atoms with Gasteiger partial charge in [-0.1, -0.05) is 12.1 Å². The average molecular weight is 373 g/mol. The van der Waals surface area contributed by atoms with E-state index in [1.165, 1.54) is 0 Å². The van der Waals surface area contributed by atoms with E-state index in [2.05, 4.69) is 4.72 Å². The Morgan fingerprint density at radius 3 is 2.17 bits per heavy atom. The van der Waals surface area contributed by atoms with Crippen LogP contribution in [0.5, 0.6) is 0 Å². The van der Waals surface area contributed by atoms with Crippen molar-refractivity contribution < 1.29 is 31.6 Å². The van der Waals surface area contributed by atoms with Gasteiger partial charge < -0.3 is 9.66 Å². The van der Waals surface area contributed by atoms with Gasteiger partial charge >= 0.3 is 6.18 Å². The van der Waals surface area contributed by atoms with Gasteiger partial charge in [0, 0.05) is 23.3 Å². The molecule has 138 valence electrons. The molecule has 0 aliphatic rings. The quantitative estimate of drug-likeness (QED) is 0.613. The highest BCUT2D eigenvalue weighted by atomic mass is 32.2. The van der Waals surface area contributed by atoms with Crippen LogP contribution < -0.4 is 4.72 Å². The Morgan fingerprint density at radius 1 is 1.17 bits per heavy atom. The largest absolute Gasteiger partial charge is 0.598 e. The van der Waals surface area contributed by atoms with Crippen molar-refractivity contribution in [2.45, 2.75) is 56.7 Å². The second-order valence-corrected chi connectivity index (χ2v) is 8.64. The first-order chi connectivity index (χ1) is 10.7. The monoisotopic (exact) mass is 373 g/mol. The van der Waals surface area contributed by atoms with Gasteiger partial charge in [0.25, 0.3) is 0 Å². The van der Waals surface area contributed by atoms with Crippen LogP contribution in [0.1, 0.15) is 39.7 Å². The number of hydrogen-bond donors (Lipinski definition) is 2. The molecule has 0 aromatic heterocycles. The maximum absolute atomic E-state index is 14.1. The van der Waals surface area contributed by atoms with Crippen LogP contribution in [0, 0.1) is 11.6 Å². The fourth-order valence-corrected chi connectivity index (χ4v) is 2.91. The number of benzene rings is 1.